The van der Waals surface area contributed by atoms with Gasteiger partial charge in [-0.2, -0.15) is 0 Å². The fraction of sp³-hybridized carbons (Fsp3) is 0.261. The molecule has 30 heavy (non-hydrogen) atoms. The molecule has 0 radical (unpaired) electrons. The molecule has 1 fully saturated rings. The number of hydrogen-bond donors (Lipinski definition) is 0. The van der Waals surface area contributed by atoms with Crippen molar-refractivity contribution in [2.45, 2.75) is 13.3 Å². The van der Waals surface area contributed by atoms with Crippen molar-refractivity contribution >= 4 is 33.3 Å². The van der Waals surface area contributed by atoms with Crippen LogP contribution < -0.4 is 4.90 Å². The zero-order valence-electron chi connectivity index (χ0n) is 16.7. The maximum atomic E-state index is 12.6. The van der Waals surface area contributed by atoms with Gasteiger partial charge in [0.25, 0.3) is 5.91 Å². The lowest BCUT2D eigenvalue weighted by molar-refractivity contribution is 0.0714. The van der Waals surface area contributed by atoms with Crippen molar-refractivity contribution in [2.75, 3.05) is 31.1 Å². The maximum Gasteiger partial charge on any atom is 0.289 e. The minimum Gasteiger partial charge on any atom is -0.459 e. The highest BCUT2D eigenvalue weighted by Crippen LogP contribution is 2.31. The van der Waals surface area contributed by atoms with Gasteiger partial charge in [0, 0.05) is 37.5 Å². The Labute approximate surface area is 178 Å². The minimum absolute atomic E-state index is 0.0522. The highest BCUT2D eigenvalue weighted by molar-refractivity contribution is 7.18. The molecule has 5 rings (SSSR count). The SMILES string of the molecule is Cc1cc2c(N3CCN(C(=O)c4ccco4)CC3)nc(Cc3ccccc3)nc2s1. The summed E-state index contributed by atoms with van der Waals surface area (Å²) in [5, 5.41) is 1.10. The highest BCUT2D eigenvalue weighted by Gasteiger charge is 2.26. The third-order valence-corrected chi connectivity index (χ3v) is 6.29. The monoisotopic (exact) mass is 418 g/mol. The summed E-state index contributed by atoms with van der Waals surface area (Å²) in [5.74, 6) is 2.15. The third kappa shape index (κ3) is 3.68. The van der Waals surface area contributed by atoms with E-state index >= 15 is 0 Å². The molecule has 3 aromatic heterocycles. The van der Waals surface area contributed by atoms with Crippen LogP contribution >= 0.6 is 11.3 Å². The molecule has 6 nitrogen and oxygen atoms in total. The molecule has 0 spiro atoms. The van der Waals surface area contributed by atoms with E-state index in [0.29, 0.717) is 25.3 Å². The topological polar surface area (TPSA) is 62.5 Å². The van der Waals surface area contributed by atoms with Crippen LogP contribution in [-0.2, 0) is 6.42 Å². The van der Waals surface area contributed by atoms with Crippen molar-refractivity contribution in [3.8, 4) is 0 Å². The van der Waals surface area contributed by atoms with Gasteiger partial charge in [0.1, 0.15) is 16.5 Å². The van der Waals surface area contributed by atoms with Crippen LogP contribution in [0.3, 0.4) is 0 Å². The second kappa shape index (κ2) is 7.91. The Bertz CT molecular complexity index is 1160. The summed E-state index contributed by atoms with van der Waals surface area (Å²) in [6, 6.07) is 15.9. The number of hydrogen-bond acceptors (Lipinski definition) is 6. The van der Waals surface area contributed by atoms with Crippen LogP contribution in [0.15, 0.2) is 59.2 Å². The number of carbonyl (C=O) groups excluding carboxylic acids is 1. The highest BCUT2D eigenvalue weighted by atomic mass is 32.1. The number of benzene rings is 1. The van der Waals surface area contributed by atoms with Crippen molar-refractivity contribution in [3.63, 3.8) is 0 Å². The Kier molecular flexibility index (Phi) is 4.96. The maximum absolute atomic E-state index is 12.6. The van der Waals surface area contributed by atoms with E-state index in [1.165, 1.54) is 16.7 Å². The van der Waals surface area contributed by atoms with E-state index in [2.05, 4.69) is 30.0 Å². The summed E-state index contributed by atoms with van der Waals surface area (Å²) in [6.07, 6.45) is 2.24. The van der Waals surface area contributed by atoms with Gasteiger partial charge in [-0.05, 0) is 30.7 Å². The van der Waals surface area contributed by atoms with Gasteiger partial charge in [-0.25, -0.2) is 9.97 Å². The zero-order valence-corrected chi connectivity index (χ0v) is 17.6. The summed E-state index contributed by atoms with van der Waals surface area (Å²) < 4.78 is 5.27. The van der Waals surface area contributed by atoms with Crippen molar-refractivity contribution in [1.82, 2.24) is 14.9 Å². The molecule has 0 saturated carbocycles. The molecule has 1 amide bonds. The predicted octanol–water partition coefficient (Wildman–Crippen LogP) is 4.15. The summed E-state index contributed by atoms with van der Waals surface area (Å²) >= 11 is 1.70. The fourth-order valence-electron chi connectivity index (χ4n) is 3.85. The average Bonchev–Trinajstić information content (AvgIpc) is 3.43. The van der Waals surface area contributed by atoms with E-state index in [1.807, 2.05) is 23.1 Å². The molecule has 0 aliphatic carbocycles. The summed E-state index contributed by atoms with van der Waals surface area (Å²) in [5.41, 5.74) is 1.20. The molecule has 4 aromatic rings. The Balaban J connectivity index is 1.40. The van der Waals surface area contributed by atoms with Crippen LogP contribution in [0.25, 0.3) is 10.2 Å². The predicted molar refractivity (Wildman–Crippen MR) is 118 cm³/mol. The molecular formula is C23H22N4O2S. The zero-order chi connectivity index (χ0) is 20.5. The lowest BCUT2D eigenvalue weighted by Gasteiger charge is -2.35. The van der Waals surface area contributed by atoms with Gasteiger partial charge in [-0.1, -0.05) is 30.3 Å². The van der Waals surface area contributed by atoms with Crippen LogP contribution in [-0.4, -0.2) is 47.0 Å². The van der Waals surface area contributed by atoms with Crippen molar-refractivity contribution < 1.29 is 9.21 Å². The van der Waals surface area contributed by atoms with E-state index < -0.39 is 0 Å². The van der Waals surface area contributed by atoms with E-state index in [-0.39, 0.29) is 5.91 Å². The number of rotatable bonds is 4. The standard InChI is InChI=1S/C23H22N4O2S/c1-16-14-18-21(24-20(25-22(18)30-16)15-17-6-3-2-4-7-17)26-9-11-27(12-10-26)23(28)19-8-5-13-29-19/h2-8,13-14H,9-12,15H2,1H3. The van der Waals surface area contributed by atoms with E-state index in [0.717, 1.165) is 34.9 Å². The lowest BCUT2D eigenvalue weighted by Crippen LogP contribution is -2.49. The van der Waals surface area contributed by atoms with Crippen molar-refractivity contribution in [2.24, 2.45) is 0 Å². The molecule has 1 aliphatic heterocycles. The average molecular weight is 419 g/mol. The van der Waals surface area contributed by atoms with Gasteiger partial charge < -0.3 is 14.2 Å². The number of carbonyl (C=O) groups is 1. The summed E-state index contributed by atoms with van der Waals surface area (Å²) in [7, 11) is 0. The first-order valence-corrected chi connectivity index (χ1v) is 10.9. The van der Waals surface area contributed by atoms with Crippen LogP contribution in [0.1, 0.15) is 26.8 Å². The van der Waals surface area contributed by atoms with E-state index in [1.54, 1.807) is 23.5 Å². The Morgan fingerprint density at radius 1 is 1.07 bits per heavy atom. The molecule has 1 aliphatic rings. The molecule has 0 unspecified atom stereocenters. The van der Waals surface area contributed by atoms with Crippen LogP contribution in [0.4, 0.5) is 5.82 Å². The molecule has 152 valence electrons. The van der Waals surface area contributed by atoms with Gasteiger partial charge in [-0.3, -0.25) is 4.79 Å². The number of nitrogens with zero attached hydrogens (tertiary/aromatic N) is 4. The number of fused-ring (bicyclic) bond motifs is 1. The van der Waals surface area contributed by atoms with Gasteiger partial charge in [0.15, 0.2) is 5.76 Å². The molecular weight excluding hydrogens is 396 g/mol. The number of piperazine rings is 1. The smallest absolute Gasteiger partial charge is 0.289 e. The second-order valence-corrected chi connectivity index (χ2v) is 8.69. The first-order chi connectivity index (χ1) is 14.7. The number of amides is 1. The van der Waals surface area contributed by atoms with Gasteiger partial charge >= 0.3 is 0 Å². The second-order valence-electron chi connectivity index (χ2n) is 7.46. The molecule has 0 bridgehead atoms. The van der Waals surface area contributed by atoms with Gasteiger partial charge in [0.2, 0.25) is 0 Å². The number of furan rings is 1. The molecule has 4 heterocycles. The molecule has 1 aromatic carbocycles. The van der Waals surface area contributed by atoms with Crippen molar-refractivity contribution in [1.29, 1.82) is 0 Å². The van der Waals surface area contributed by atoms with Crippen LogP contribution in [0.5, 0.6) is 0 Å². The lowest BCUT2D eigenvalue weighted by atomic mass is 10.1. The van der Waals surface area contributed by atoms with E-state index in [4.69, 9.17) is 14.4 Å². The quantitative estimate of drug-likeness (QED) is 0.498. The van der Waals surface area contributed by atoms with E-state index in [9.17, 15) is 4.79 Å². The number of aryl methyl sites for hydroxylation is 1. The molecule has 0 atom stereocenters. The first kappa shape index (κ1) is 18.8. The first-order valence-electron chi connectivity index (χ1n) is 10.1. The molecule has 1 saturated heterocycles. The molecule has 0 N–H and O–H groups in total. The Morgan fingerprint density at radius 2 is 1.87 bits per heavy atom. The van der Waals surface area contributed by atoms with Gasteiger partial charge in [-0.15, -0.1) is 11.3 Å². The van der Waals surface area contributed by atoms with Crippen molar-refractivity contribution in [3.05, 3.63) is 76.8 Å². The minimum atomic E-state index is -0.0522. The number of thiophene rings is 1. The summed E-state index contributed by atoms with van der Waals surface area (Å²) in [6.45, 7) is 4.85. The Morgan fingerprint density at radius 3 is 2.60 bits per heavy atom. The van der Waals surface area contributed by atoms with Crippen LogP contribution in [0.2, 0.25) is 0 Å². The third-order valence-electron chi connectivity index (χ3n) is 5.35. The molecule has 7 heteroatoms. The Hall–Kier alpha value is -3.19. The summed E-state index contributed by atoms with van der Waals surface area (Å²) in [4.78, 5) is 28.7. The van der Waals surface area contributed by atoms with Crippen LogP contribution in [0, 0.1) is 6.92 Å². The van der Waals surface area contributed by atoms with Gasteiger partial charge in [0.05, 0.1) is 11.6 Å². The number of anilines is 1. The fourth-order valence-corrected chi connectivity index (χ4v) is 4.74. The largest absolute Gasteiger partial charge is 0.459 e. The normalized spacial score (nSPS) is 14.4. The number of aromatic nitrogens is 2.